The lowest BCUT2D eigenvalue weighted by molar-refractivity contribution is 0.459. The molecule has 5 heteroatoms. The molecule has 0 atom stereocenters. The van der Waals surface area contributed by atoms with Crippen molar-refractivity contribution in [3.63, 3.8) is 0 Å². The molecule has 0 bridgehead atoms. The molecule has 2 aromatic rings. The number of aromatic nitrogens is 1. The zero-order chi connectivity index (χ0) is 13.0. The van der Waals surface area contributed by atoms with Crippen LogP contribution in [0.15, 0.2) is 41.0 Å². The Kier molecular flexibility index (Phi) is 4.58. The highest BCUT2D eigenvalue weighted by molar-refractivity contribution is 9.10. The van der Waals surface area contributed by atoms with Gasteiger partial charge in [-0.1, -0.05) is 23.7 Å². The third kappa shape index (κ3) is 3.22. The van der Waals surface area contributed by atoms with Gasteiger partial charge in [-0.05, 0) is 40.7 Å². The number of para-hydroxylation sites is 1. The number of pyridine rings is 1. The molecule has 94 valence electrons. The van der Waals surface area contributed by atoms with E-state index in [4.69, 9.17) is 16.3 Å². The van der Waals surface area contributed by atoms with Gasteiger partial charge in [-0.3, -0.25) is 0 Å². The van der Waals surface area contributed by atoms with E-state index in [1.54, 1.807) is 6.20 Å². The monoisotopic (exact) mass is 326 g/mol. The second-order valence-corrected chi connectivity index (χ2v) is 4.94. The van der Waals surface area contributed by atoms with Crippen LogP contribution in [0.5, 0.6) is 11.6 Å². The topological polar surface area (TPSA) is 34.1 Å². The number of nitrogens with one attached hydrogen (secondary N) is 1. The molecule has 1 aromatic carbocycles. The maximum Gasteiger partial charge on any atom is 0.219 e. The van der Waals surface area contributed by atoms with Crippen LogP contribution in [0.1, 0.15) is 5.56 Å². The van der Waals surface area contributed by atoms with Gasteiger partial charge in [-0.25, -0.2) is 4.98 Å². The summed E-state index contributed by atoms with van der Waals surface area (Å²) < 4.78 is 6.59. The van der Waals surface area contributed by atoms with Crippen LogP contribution < -0.4 is 10.1 Å². The van der Waals surface area contributed by atoms with Gasteiger partial charge in [0.2, 0.25) is 5.88 Å². The minimum Gasteiger partial charge on any atom is -0.438 e. The molecule has 0 radical (unpaired) electrons. The number of hydrogen-bond acceptors (Lipinski definition) is 3. The van der Waals surface area contributed by atoms with E-state index in [0.717, 1.165) is 15.8 Å². The molecule has 0 unspecified atom stereocenters. The van der Waals surface area contributed by atoms with E-state index in [1.807, 2.05) is 37.4 Å². The Bertz CT molecular complexity index is 548. The zero-order valence-electron chi connectivity index (χ0n) is 9.78. The molecular formula is C13H12BrClN2O. The molecule has 0 fully saturated rings. The Labute approximate surface area is 119 Å². The van der Waals surface area contributed by atoms with E-state index < -0.39 is 0 Å². The normalized spacial score (nSPS) is 10.4. The summed E-state index contributed by atoms with van der Waals surface area (Å²) in [5.74, 6) is 1.25. The second kappa shape index (κ2) is 6.18. The summed E-state index contributed by atoms with van der Waals surface area (Å²) >= 11 is 9.47. The van der Waals surface area contributed by atoms with E-state index >= 15 is 0 Å². The first-order valence-corrected chi connectivity index (χ1v) is 6.59. The van der Waals surface area contributed by atoms with Crippen LogP contribution in [0.3, 0.4) is 0 Å². The average molecular weight is 328 g/mol. The van der Waals surface area contributed by atoms with Gasteiger partial charge in [0.25, 0.3) is 0 Å². The first kappa shape index (κ1) is 13.3. The quantitative estimate of drug-likeness (QED) is 0.921. The molecule has 0 saturated carbocycles. The molecule has 3 nitrogen and oxygen atoms in total. The van der Waals surface area contributed by atoms with Crippen molar-refractivity contribution in [3.05, 3.63) is 51.6 Å². The van der Waals surface area contributed by atoms with Crippen LogP contribution in [0.4, 0.5) is 0 Å². The van der Waals surface area contributed by atoms with Gasteiger partial charge >= 0.3 is 0 Å². The third-order valence-electron chi connectivity index (χ3n) is 2.33. The number of hydrogen-bond donors (Lipinski definition) is 1. The van der Waals surface area contributed by atoms with Gasteiger partial charge in [0, 0.05) is 18.8 Å². The maximum absolute atomic E-state index is 6.04. The third-order valence-corrected chi connectivity index (χ3v) is 3.32. The van der Waals surface area contributed by atoms with Crippen LogP contribution in [0.2, 0.25) is 5.02 Å². The van der Waals surface area contributed by atoms with E-state index in [0.29, 0.717) is 17.4 Å². The highest BCUT2D eigenvalue weighted by Gasteiger charge is 2.06. The fourth-order valence-electron chi connectivity index (χ4n) is 1.48. The van der Waals surface area contributed by atoms with E-state index in [2.05, 4.69) is 26.2 Å². The standard InChI is InChI=1S/C13H12BrClN2O/c1-16-7-9-6-13(17-8-11(9)15)18-12-5-3-2-4-10(12)14/h2-6,8,16H,7H2,1H3. The highest BCUT2D eigenvalue weighted by Crippen LogP contribution is 2.29. The largest absolute Gasteiger partial charge is 0.438 e. The second-order valence-electron chi connectivity index (χ2n) is 3.68. The van der Waals surface area contributed by atoms with Crippen molar-refractivity contribution in [3.8, 4) is 11.6 Å². The Morgan fingerprint density at radius 3 is 2.89 bits per heavy atom. The van der Waals surface area contributed by atoms with Crippen LogP contribution in [-0.2, 0) is 6.54 Å². The van der Waals surface area contributed by atoms with Crippen molar-refractivity contribution in [2.24, 2.45) is 0 Å². The molecule has 0 aliphatic carbocycles. The van der Waals surface area contributed by atoms with Gasteiger partial charge in [-0.2, -0.15) is 0 Å². The Hall–Kier alpha value is -1.10. The highest BCUT2D eigenvalue weighted by atomic mass is 79.9. The van der Waals surface area contributed by atoms with Crippen molar-refractivity contribution in [2.45, 2.75) is 6.54 Å². The summed E-state index contributed by atoms with van der Waals surface area (Å²) in [5, 5.41) is 3.68. The molecular weight excluding hydrogens is 316 g/mol. The molecule has 0 saturated heterocycles. The van der Waals surface area contributed by atoms with Crippen LogP contribution >= 0.6 is 27.5 Å². The predicted molar refractivity (Wildman–Crippen MR) is 76.2 cm³/mol. The Balaban J connectivity index is 2.24. The molecule has 1 N–H and O–H groups in total. The van der Waals surface area contributed by atoms with Crippen molar-refractivity contribution < 1.29 is 4.74 Å². The summed E-state index contributed by atoms with van der Waals surface area (Å²) in [6.45, 7) is 0.674. The number of halogens is 2. The maximum atomic E-state index is 6.04. The smallest absolute Gasteiger partial charge is 0.219 e. The summed E-state index contributed by atoms with van der Waals surface area (Å²) in [5.41, 5.74) is 0.955. The van der Waals surface area contributed by atoms with E-state index in [-0.39, 0.29) is 0 Å². The molecule has 18 heavy (non-hydrogen) atoms. The summed E-state index contributed by atoms with van der Waals surface area (Å²) in [6.07, 6.45) is 1.60. The van der Waals surface area contributed by atoms with Gasteiger partial charge < -0.3 is 10.1 Å². The SMILES string of the molecule is CNCc1cc(Oc2ccccc2Br)ncc1Cl. The molecule has 1 heterocycles. The number of benzene rings is 1. The molecule has 1 aromatic heterocycles. The number of nitrogens with zero attached hydrogens (tertiary/aromatic N) is 1. The first-order chi connectivity index (χ1) is 8.70. The lowest BCUT2D eigenvalue weighted by Crippen LogP contribution is -2.06. The minimum absolute atomic E-state index is 0.525. The van der Waals surface area contributed by atoms with Crippen LogP contribution in [0.25, 0.3) is 0 Å². The first-order valence-electron chi connectivity index (χ1n) is 5.42. The van der Waals surface area contributed by atoms with E-state index in [9.17, 15) is 0 Å². The minimum atomic E-state index is 0.525. The van der Waals surface area contributed by atoms with Crippen molar-refractivity contribution in [1.82, 2.24) is 10.3 Å². The molecule has 0 amide bonds. The van der Waals surface area contributed by atoms with Gasteiger partial charge in [0.15, 0.2) is 0 Å². The van der Waals surface area contributed by atoms with Crippen LogP contribution in [-0.4, -0.2) is 12.0 Å². The molecule has 2 rings (SSSR count). The number of ether oxygens (including phenoxy) is 1. The summed E-state index contributed by atoms with van der Waals surface area (Å²) in [7, 11) is 1.87. The van der Waals surface area contributed by atoms with Gasteiger partial charge in [0.1, 0.15) is 5.75 Å². The van der Waals surface area contributed by atoms with Gasteiger partial charge in [0.05, 0.1) is 9.50 Å². The lowest BCUT2D eigenvalue weighted by atomic mass is 10.2. The van der Waals surface area contributed by atoms with Crippen molar-refractivity contribution >= 4 is 27.5 Å². The predicted octanol–water partition coefficient (Wildman–Crippen LogP) is 4.01. The van der Waals surface area contributed by atoms with Crippen LogP contribution in [0, 0.1) is 0 Å². The van der Waals surface area contributed by atoms with E-state index in [1.165, 1.54) is 0 Å². The average Bonchev–Trinajstić information content (AvgIpc) is 2.36. The van der Waals surface area contributed by atoms with Crippen molar-refractivity contribution in [2.75, 3.05) is 7.05 Å². The zero-order valence-corrected chi connectivity index (χ0v) is 12.1. The Morgan fingerprint density at radius 2 is 2.17 bits per heavy atom. The van der Waals surface area contributed by atoms with Crippen molar-refractivity contribution in [1.29, 1.82) is 0 Å². The Morgan fingerprint density at radius 1 is 1.39 bits per heavy atom. The summed E-state index contributed by atoms with van der Waals surface area (Å²) in [4.78, 5) is 4.15. The molecule has 0 aliphatic rings. The fourth-order valence-corrected chi connectivity index (χ4v) is 2.02. The lowest BCUT2D eigenvalue weighted by Gasteiger charge is -2.09. The molecule has 0 aliphatic heterocycles. The fraction of sp³-hybridized carbons (Fsp3) is 0.154. The summed E-state index contributed by atoms with van der Waals surface area (Å²) in [6, 6.07) is 9.46. The molecule has 0 spiro atoms. The number of rotatable bonds is 4. The van der Waals surface area contributed by atoms with Gasteiger partial charge in [-0.15, -0.1) is 0 Å².